The van der Waals surface area contributed by atoms with Crippen molar-refractivity contribution in [3.8, 4) is 0 Å². The second-order valence-corrected chi connectivity index (χ2v) is 5.39. The molecular weight excluding hydrogens is 266 g/mol. The Morgan fingerprint density at radius 3 is 3.00 bits per heavy atom. The van der Waals surface area contributed by atoms with Crippen molar-refractivity contribution in [3.05, 3.63) is 30.4 Å². The Morgan fingerprint density at radius 2 is 2.26 bits per heavy atom. The molecule has 2 heterocycles. The number of aliphatic hydroxyl groups is 2. The van der Waals surface area contributed by atoms with E-state index >= 15 is 0 Å². The SMILES string of the molecule is CC(=O)SCCC(O)C(O)c1cnc2ncccn12. The lowest BCUT2D eigenvalue weighted by molar-refractivity contribution is -0.109. The zero-order chi connectivity index (χ0) is 13.8. The fraction of sp³-hybridized carbons (Fsp3) is 0.417. The summed E-state index contributed by atoms with van der Waals surface area (Å²) in [6.45, 7) is 1.48. The molecule has 0 radical (unpaired) electrons. The molecule has 2 unspecified atom stereocenters. The molecule has 2 atom stereocenters. The Morgan fingerprint density at radius 1 is 1.47 bits per heavy atom. The minimum atomic E-state index is -1.05. The molecule has 0 saturated carbocycles. The highest BCUT2D eigenvalue weighted by molar-refractivity contribution is 8.13. The molecule has 2 rings (SSSR count). The van der Waals surface area contributed by atoms with Crippen molar-refractivity contribution in [2.24, 2.45) is 0 Å². The minimum Gasteiger partial charge on any atom is -0.390 e. The van der Waals surface area contributed by atoms with Gasteiger partial charge in [-0.05, 0) is 12.5 Å². The third kappa shape index (κ3) is 3.31. The molecule has 19 heavy (non-hydrogen) atoms. The van der Waals surface area contributed by atoms with Gasteiger partial charge in [0.05, 0.1) is 18.0 Å². The number of rotatable bonds is 5. The molecule has 0 saturated heterocycles. The van der Waals surface area contributed by atoms with Crippen LogP contribution in [0.3, 0.4) is 0 Å². The zero-order valence-electron chi connectivity index (χ0n) is 10.4. The molecule has 0 aliphatic carbocycles. The molecule has 2 N–H and O–H groups in total. The second-order valence-electron chi connectivity index (χ2n) is 4.11. The molecular formula is C12H15N3O3S. The van der Waals surface area contributed by atoms with Crippen LogP contribution < -0.4 is 0 Å². The fourth-order valence-electron chi connectivity index (χ4n) is 1.74. The van der Waals surface area contributed by atoms with E-state index in [1.54, 1.807) is 22.9 Å². The highest BCUT2D eigenvalue weighted by atomic mass is 32.2. The van der Waals surface area contributed by atoms with E-state index in [0.717, 1.165) is 11.8 Å². The maximum atomic E-state index is 10.8. The first-order valence-corrected chi connectivity index (χ1v) is 6.85. The van der Waals surface area contributed by atoms with Crippen molar-refractivity contribution in [1.29, 1.82) is 0 Å². The first kappa shape index (κ1) is 14.0. The van der Waals surface area contributed by atoms with Gasteiger partial charge in [-0.15, -0.1) is 0 Å². The van der Waals surface area contributed by atoms with Crippen LogP contribution in [-0.4, -0.2) is 41.6 Å². The van der Waals surface area contributed by atoms with Gasteiger partial charge in [-0.3, -0.25) is 9.20 Å². The average Bonchev–Trinajstić information content (AvgIpc) is 2.81. The van der Waals surface area contributed by atoms with E-state index in [4.69, 9.17) is 0 Å². The molecule has 6 nitrogen and oxygen atoms in total. The van der Waals surface area contributed by atoms with Gasteiger partial charge < -0.3 is 10.2 Å². The predicted molar refractivity (Wildman–Crippen MR) is 71.7 cm³/mol. The lowest BCUT2D eigenvalue weighted by atomic mass is 10.1. The molecule has 0 bridgehead atoms. The zero-order valence-corrected chi connectivity index (χ0v) is 11.2. The topological polar surface area (TPSA) is 87.7 Å². The van der Waals surface area contributed by atoms with Crippen LogP contribution in [0.4, 0.5) is 0 Å². The van der Waals surface area contributed by atoms with Gasteiger partial charge in [-0.2, -0.15) is 0 Å². The van der Waals surface area contributed by atoms with Crippen LogP contribution in [-0.2, 0) is 4.79 Å². The third-order valence-corrected chi connectivity index (χ3v) is 3.55. The largest absolute Gasteiger partial charge is 0.390 e. The summed E-state index contributed by atoms with van der Waals surface area (Å²) in [5.74, 6) is 0.949. The maximum Gasteiger partial charge on any atom is 0.233 e. The van der Waals surface area contributed by atoms with Crippen molar-refractivity contribution in [2.75, 3.05) is 5.75 Å². The molecule has 0 spiro atoms. The highest BCUT2D eigenvalue weighted by Crippen LogP contribution is 2.21. The maximum absolute atomic E-state index is 10.8. The van der Waals surface area contributed by atoms with E-state index in [9.17, 15) is 15.0 Å². The van der Waals surface area contributed by atoms with Crippen molar-refractivity contribution in [1.82, 2.24) is 14.4 Å². The quantitative estimate of drug-likeness (QED) is 0.842. The molecule has 0 aliphatic heterocycles. The summed E-state index contributed by atoms with van der Waals surface area (Å²) >= 11 is 1.13. The van der Waals surface area contributed by atoms with Crippen molar-refractivity contribution < 1.29 is 15.0 Å². The van der Waals surface area contributed by atoms with Crippen LogP contribution in [0.5, 0.6) is 0 Å². The second kappa shape index (κ2) is 6.14. The molecule has 2 aromatic rings. The van der Waals surface area contributed by atoms with Gasteiger partial charge >= 0.3 is 0 Å². The van der Waals surface area contributed by atoms with Gasteiger partial charge in [-0.1, -0.05) is 11.8 Å². The van der Waals surface area contributed by atoms with Crippen LogP contribution in [0.25, 0.3) is 5.78 Å². The number of fused-ring (bicyclic) bond motifs is 1. The molecule has 0 aromatic carbocycles. The smallest absolute Gasteiger partial charge is 0.233 e. The first-order chi connectivity index (χ1) is 9.09. The summed E-state index contributed by atoms with van der Waals surface area (Å²) in [5, 5.41) is 20.0. The lowest BCUT2D eigenvalue weighted by Gasteiger charge is -2.16. The summed E-state index contributed by atoms with van der Waals surface area (Å²) in [7, 11) is 0. The van der Waals surface area contributed by atoms with E-state index in [1.807, 2.05) is 0 Å². The van der Waals surface area contributed by atoms with E-state index in [0.29, 0.717) is 23.6 Å². The van der Waals surface area contributed by atoms with Gasteiger partial charge in [0.25, 0.3) is 0 Å². The van der Waals surface area contributed by atoms with Crippen LogP contribution >= 0.6 is 11.8 Å². The van der Waals surface area contributed by atoms with E-state index in [-0.39, 0.29) is 5.12 Å². The number of hydrogen-bond donors (Lipinski definition) is 2. The van der Waals surface area contributed by atoms with E-state index in [1.165, 1.54) is 13.1 Å². The number of imidazole rings is 1. The fourth-order valence-corrected chi connectivity index (χ4v) is 2.39. The Bertz CT molecular complexity index is 572. The van der Waals surface area contributed by atoms with Gasteiger partial charge in [0.2, 0.25) is 5.78 Å². The van der Waals surface area contributed by atoms with Gasteiger partial charge in [-0.25, -0.2) is 9.97 Å². The molecule has 102 valence electrons. The van der Waals surface area contributed by atoms with Crippen molar-refractivity contribution in [2.45, 2.75) is 25.6 Å². The van der Waals surface area contributed by atoms with Gasteiger partial charge in [0.15, 0.2) is 5.12 Å². The van der Waals surface area contributed by atoms with Gasteiger partial charge in [0, 0.05) is 25.1 Å². The van der Waals surface area contributed by atoms with Crippen LogP contribution in [0, 0.1) is 0 Å². The van der Waals surface area contributed by atoms with E-state index < -0.39 is 12.2 Å². The first-order valence-electron chi connectivity index (χ1n) is 5.87. The lowest BCUT2D eigenvalue weighted by Crippen LogP contribution is -2.20. The predicted octanol–water partition coefficient (Wildman–Crippen LogP) is 0.793. The Balaban J connectivity index is 2.06. The van der Waals surface area contributed by atoms with E-state index in [2.05, 4.69) is 9.97 Å². The average molecular weight is 281 g/mol. The van der Waals surface area contributed by atoms with Crippen molar-refractivity contribution >= 4 is 22.7 Å². The third-order valence-electron chi connectivity index (χ3n) is 2.70. The standard InChI is InChI=1S/C12H15N3O3S/c1-8(16)19-6-3-10(17)11(18)9-7-14-12-13-4-2-5-15(9)12/h2,4-5,7,10-11,17-18H,3,6H2,1H3. The summed E-state index contributed by atoms with van der Waals surface area (Å²) in [4.78, 5) is 18.9. The molecule has 0 aliphatic rings. The highest BCUT2D eigenvalue weighted by Gasteiger charge is 2.21. The number of thioether (sulfide) groups is 1. The summed E-state index contributed by atoms with van der Waals surface area (Å²) in [6, 6.07) is 1.73. The number of nitrogens with zero attached hydrogens (tertiary/aromatic N) is 3. The monoisotopic (exact) mass is 281 g/mol. The molecule has 0 fully saturated rings. The molecule has 0 amide bonds. The number of hydrogen-bond acceptors (Lipinski definition) is 6. The van der Waals surface area contributed by atoms with Crippen LogP contribution in [0.1, 0.15) is 25.1 Å². The van der Waals surface area contributed by atoms with Gasteiger partial charge in [0.1, 0.15) is 6.10 Å². The number of aliphatic hydroxyl groups excluding tert-OH is 2. The molecule has 2 aromatic heterocycles. The summed E-state index contributed by atoms with van der Waals surface area (Å²) in [6.07, 6.45) is 3.18. The number of carbonyl (C=O) groups excluding carboxylic acids is 1. The Kier molecular flexibility index (Phi) is 4.52. The minimum absolute atomic E-state index is 0.000641. The van der Waals surface area contributed by atoms with Crippen LogP contribution in [0.2, 0.25) is 0 Å². The summed E-state index contributed by atoms with van der Waals surface area (Å²) < 4.78 is 1.63. The number of carbonyl (C=O) groups is 1. The van der Waals surface area contributed by atoms with Crippen LogP contribution in [0.15, 0.2) is 24.7 Å². The normalized spacial score (nSPS) is 14.5. The number of aromatic nitrogens is 3. The van der Waals surface area contributed by atoms with Crippen molar-refractivity contribution in [3.63, 3.8) is 0 Å². The Hall–Kier alpha value is -1.44. The molecule has 7 heteroatoms. The summed E-state index contributed by atoms with van der Waals surface area (Å²) in [5.41, 5.74) is 0.489. The Labute approximate surface area is 114 Å².